The molecule has 2 atom stereocenters. The number of amides is 1. The second-order valence-corrected chi connectivity index (χ2v) is 6.88. The number of piperidine rings is 1. The summed E-state index contributed by atoms with van der Waals surface area (Å²) in [6.07, 6.45) is 4.35. The third kappa shape index (κ3) is 1.88. The Hall–Kier alpha value is -1.90. The van der Waals surface area contributed by atoms with Crippen LogP contribution in [0.25, 0.3) is 0 Å². The molecular weight excluding hydrogens is 274 g/mol. The molecule has 1 aromatic carbocycles. The largest absolute Gasteiger partial charge is 0.342 e. The van der Waals surface area contributed by atoms with Gasteiger partial charge < -0.3 is 4.90 Å². The number of rotatable bonds is 2. The van der Waals surface area contributed by atoms with Crippen LogP contribution >= 0.6 is 0 Å². The maximum atomic E-state index is 13.3. The lowest BCUT2D eigenvalue weighted by atomic mass is 9.53. The summed E-state index contributed by atoms with van der Waals surface area (Å²) in [5.74, 6) is 0.270. The van der Waals surface area contributed by atoms with Crippen molar-refractivity contribution in [3.05, 3.63) is 48.0 Å². The molecule has 1 saturated heterocycles. The van der Waals surface area contributed by atoms with E-state index in [9.17, 15) is 9.59 Å². The number of carbonyl (C=O) groups is 2. The van der Waals surface area contributed by atoms with Gasteiger partial charge >= 0.3 is 0 Å². The predicted molar refractivity (Wildman–Crippen MR) is 86.4 cm³/mol. The minimum absolute atomic E-state index is 0.00944. The van der Waals surface area contributed by atoms with Gasteiger partial charge in [-0.15, -0.1) is 0 Å². The number of benzene rings is 1. The molecule has 0 bridgehead atoms. The van der Waals surface area contributed by atoms with Crippen molar-refractivity contribution in [2.45, 2.75) is 32.6 Å². The minimum Gasteiger partial charge on any atom is -0.342 e. The van der Waals surface area contributed by atoms with Crippen LogP contribution in [0.2, 0.25) is 0 Å². The van der Waals surface area contributed by atoms with Gasteiger partial charge in [0.1, 0.15) is 0 Å². The zero-order chi connectivity index (χ0) is 16.0. The van der Waals surface area contributed by atoms with Crippen LogP contribution in [0.1, 0.15) is 32.8 Å². The van der Waals surface area contributed by atoms with Crippen LogP contribution in [0, 0.1) is 11.3 Å². The lowest BCUT2D eigenvalue weighted by molar-refractivity contribution is -0.148. The Bertz CT molecular complexity index is 632. The molecule has 1 aliphatic carbocycles. The van der Waals surface area contributed by atoms with Crippen molar-refractivity contribution in [1.82, 2.24) is 4.90 Å². The quantitative estimate of drug-likeness (QED) is 0.841. The topological polar surface area (TPSA) is 37.4 Å². The van der Waals surface area contributed by atoms with Crippen molar-refractivity contribution in [3.63, 3.8) is 0 Å². The first-order valence-electron chi connectivity index (χ1n) is 8.03. The lowest BCUT2D eigenvalue weighted by Crippen LogP contribution is -2.61. The van der Waals surface area contributed by atoms with Crippen LogP contribution in [-0.4, -0.2) is 29.7 Å². The number of hydrogen-bond donors (Lipinski definition) is 0. The van der Waals surface area contributed by atoms with Gasteiger partial charge in [0.25, 0.3) is 0 Å². The van der Waals surface area contributed by atoms with E-state index in [1.54, 1.807) is 6.08 Å². The van der Waals surface area contributed by atoms with Gasteiger partial charge in [-0.1, -0.05) is 50.3 Å². The van der Waals surface area contributed by atoms with Crippen molar-refractivity contribution in [3.8, 4) is 0 Å². The molecule has 1 aliphatic heterocycles. The molecule has 3 nitrogen and oxygen atoms in total. The van der Waals surface area contributed by atoms with Gasteiger partial charge in [-0.05, 0) is 30.9 Å². The van der Waals surface area contributed by atoms with E-state index < -0.39 is 10.8 Å². The van der Waals surface area contributed by atoms with E-state index in [1.165, 1.54) is 0 Å². The van der Waals surface area contributed by atoms with Crippen molar-refractivity contribution < 1.29 is 9.59 Å². The standard InChI is InChI=1S/C19H23NO2/c1-4-20-13-11-15-18(2,3)16(21)10-12-19(15,17(20)22)14-8-6-5-7-9-14/h5-10,12,15H,4,11,13H2,1-3H3/t15-,19?/m0/s1. The maximum Gasteiger partial charge on any atom is 0.237 e. The highest BCUT2D eigenvalue weighted by molar-refractivity contribution is 6.02. The summed E-state index contributed by atoms with van der Waals surface area (Å²) in [6.45, 7) is 7.42. The summed E-state index contributed by atoms with van der Waals surface area (Å²) in [4.78, 5) is 27.6. The molecule has 1 heterocycles. The van der Waals surface area contributed by atoms with Crippen molar-refractivity contribution in [2.75, 3.05) is 13.1 Å². The summed E-state index contributed by atoms with van der Waals surface area (Å²) < 4.78 is 0. The van der Waals surface area contributed by atoms with Gasteiger partial charge in [0.2, 0.25) is 5.91 Å². The monoisotopic (exact) mass is 297 g/mol. The van der Waals surface area contributed by atoms with Gasteiger partial charge in [0.15, 0.2) is 5.78 Å². The fraction of sp³-hybridized carbons (Fsp3) is 0.474. The molecule has 3 rings (SSSR count). The third-order valence-electron chi connectivity index (χ3n) is 5.52. The van der Waals surface area contributed by atoms with Gasteiger partial charge in [-0.3, -0.25) is 9.59 Å². The van der Waals surface area contributed by atoms with E-state index in [2.05, 4.69) is 0 Å². The first-order chi connectivity index (χ1) is 10.4. The van der Waals surface area contributed by atoms with Gasteiger partial charge in [0.05, 0.1) is 5.41 Å². The van der Waals surface area contributed by atoms with Crippen LogP contribution in [0.5, 0.6) is 0 Å². The highest BCUT2D eigenvalue weighted by Gasteiger charge is 2.58. The van der Waals surface area contributed by atoms with Gasteiger partial charge in [-0.25, -0.2) is 0 Å². The number of carbonyl (C=O) groups excluding carboxylic acids is 2. The van der Waals surface area contributed by atoms with Crippen molar-refractivity contribution >= 4 is 11.7 Å². The van der Waals surface area contributed by atoms with Crippen LogP contribution < -0.4 is 0 Å². The van der Waals surface area contributed by atoms with Crippen LogP contribution in [0.15, 0.2) is 42.5 Å². The molecule has 2 aliphatic rings. The molecule has 0 N–H and O–H groups in total. The summed E-state index contributed by atoms with van der Waals surface area (Å²) >= 11 is 0. The fourth-order valence-corrected chi connectivity index (χ4v) is 4.17. The smallest absolute Gasteiger partial charge is 0.237 e. The Morgan fingerprint density at radius 2 is 1.86 bits per heavy atom. The molecule has 1 unspecified atom stereocenters. The second kappa shape index (κ2) is 5.08. The number of allylic oxidation sites excluding steroid dienone is 1. The summed E-state index contributed by atoms with van der Waals surface area (Å²) in [5, 5.41) is 0. The lowest BCUT2D eigenvalue weighted by Gasteiger charge is -2.53. The van der Waals surface area contributed by atoms with Gasteiger partial charge in [0, 0.05) is 18.5 Å². The summed E-state index contributed by atoms with van der Waals surface area (Å²) in [6, 6.07) is 9.93. The number of fused-ring (bicyclic) bond motifs is 1. The molecule has 3 heteroatoms. The number of likely N-dealkylation sites (tertiary alicyclic amines) is 1. The first kappa shape index (κ1) is 15.0. The molecule has 0 saturated carbocycles. The Labute approximate surface area is 132 Å². The maximum absolute atomic E-state index is 13.3. The molecule has 22 heavy (non-hydrogen) atoms. The minimum atomic E-state index is -0.701. The molecule has 0 spiro atoms. The van der Waals surface area contributed by atoms with E-state index >= 15 is 0 Å². The van der Waals surface area contributed by atoms with E-state index in [1.807, 2.05) is 62.1 Å². The fourth-order valence-electron chi connectivity index (χ4n) is 4.17. The summed E-state index contributed by atoms with van der Waals surface area (Å²) in [7, 11) is 0. The normalized spacial score (nSPS) is 30.3. The number of nitrogens with zero attached hydrogens (tertiary/aromatic N) is 1. The molecule has 116 valence electrons. The van der Waals surface area contributed by atoms with E-state index in [-0.39, 0.29) is 17.6 Å². The molecule has 1 amide bonds. The third-order valence-corrected chi connectivity index (χ3v) is 5.52. The Morgan fingerprint density at radius 3 is 2.50 bits per heavy atom. The number of likely N-dealkylation sites (N-methyl/N-ethyl adjacent to an activating group) is 1. The average Bonchev–Trinajstić information content (AvgIpc) is 2.53. The van der Waals surface area contributed by atoms with E-state index in [0.29, 0.717) is 6.54 Å². The van der Waals surface area contributed by atoms with Crippen LogP contribution in [-0.2, 0) is 15.0 Å². The molecule has 0 aromatic heterocycles. The van der Waals surface area contributed by atoms with E-state index in [4.69, 9.17) is 0 Å². The SMILES string of the molecule is CCN1CC[C@H]2C(C)(C)C(=O)C=CC2(c2ccccc2)C1=O. The molecule has 1 fully saturated rings. The van der Waals surface area contributed by atoms with Gasteiger partial charge in [-0.2, -0.15) is 0 Å². The number of hydrogen-bond acceptors (Lipinski definition) is 2. The Morgan fingerprint density at radius 1 is 1.18 bits per heavy atom. The van der Waals surface area contributed by atoms with Crippen molar-refractivity contribution in [2.24, 2.45) is 11.3 Å². The van der Waals surface area contributed by atoms with Crippen molar-refractivity contribution in [1.29, 1.82) is 0 Å². The van der Waals surface area contributed by atoms with Crippen LogP contribution in [0.3, 0.4) is 0 Å². The first-order valence-corrected chi connectivity index (χ1v) is 8.03. The zero-order valence-electron chi connectivity index (χ0n) is 13.5. The predicted octanol–water partition coefficient (Wildman–Crippen LogP) is 2.96. The Balaban J connectivity index is 2.24. The molecular formula is C19H23NO2. The highest BCUT2D eigenvalue weighted by Crippen LogP contribution is 2.52. The van der Waals surface area contributed by atoms with Crippen LogP contribution in [0.4, 0.5) is 0 Å². The Kier molecular flexibility index (Phi) is 3.47. The average molecular weight is 297 g/mol. The highest BCUT2D eigenvalue weighted by atomic mass is 16.2. The van der Waals surface area contributed by atoms with E-state index in [0.717, 1.165) is 18.5 Å². The zero-order valence-corrected chi connectivity index (χ0v) is 13.5. The molecule has 1 aromatic rings. The summed E-state index contributed by atoms with van der Waals surface area (Å²) in [5.41, 5.74) is -0.215. The number of ketones is 1. The molecule has 0 radical (unpaired) electrons. The second-order valence-electron chi connectivity index (χ2n) is 6.88.